The highest BCUT2D eigenvalue weighted by molar-refractivity contribution is 7.94. The third kappa shape index (κ3) is 3.77. The molecule has 0 radical (unpaired) electrons. The van der Waals surface area contributed by atoms with E-state index in [4.69, 9.17) is 16.3 Å². The Balaban J connectivity index is 1.86. The quantitative estimate of drug-likeness (QED) is 0.839. The molecule has 27 heavy (non-hydrogen) atoms. The van der Waals surface area contributed by atoms with Gasteiger partial charge in [-0.05, 0) is 30.3 Å². The van der Waals surface area contributed by atoms with Crippen molar-refractivity contribution in [2.45, 2.75) is 6.92 Å². The zero-order valence-electron chi connectivity index (χ0n) is 14.6. The lowest BCUT2D eigenvalue weighted by atomic mass is 10.1. The van der Waals surface area contributed by atoms with Gasteiger partial charge >= 0.3 is 0 Å². The summed E-state index contributed by atoms with van der Waals surface area (Å²) in [6.07, 6.45) is 0. The maximum atomic E-state index is 12.5. The number of nitrogens with zero attached hydrogens (tertiary/aromatic N) is 1. The summed E-state index contributed by atoms with van der Waals surface area (Å²) < 4.78 is 30.2. The van der Waals surface area contributed by atoms with Crippen LogP contribution >= 0.6 is 11.6 Å². The van der Waals surface area contributed by atoms with Crippen LogP contribution in [0, 0.1) is 5.92 Å². The molecule has 2 aromatic rings. The summed E-state index contributed by atoms with van der Waals surface area (Å²) in [7, 11) is -2.21. The zero-order valence-corrected chi connectivity index (χ0v) is 16.2. The van der Waals surface area contributed by atoms with E-state index >= 15 is 0 Å². The molecule has 1 N–H and O–H groups in total. The molecule has 0 spiro atoms. The van der Waals surface area contributed by atoms with Crippen LogP contribution in [-0.2, 0) is 14.8 Å². The summed E-state index contributed by atoms with van der Waals surface area (Å²) >= 11 is 6.19. The van der Waals surface area contributed by atoms with Gasteiger partial charge in [0.05, 0.1) is 35.1 Å². The van der Waals surface area contributed by atoms with Crippen molar-refractivity contribution in [2.24, 2.45) is 5.92 Å². The van der Waals surface area contributed by atoms with Crippen LogP contribution in [0.25, 0.3) is 0 Å². The molecule has 0 aromatic heterocycles. The highest BCUT2D eigenvalue weighted by atomic mass is 35.5. The third-order valence-corrected chi connectivity index (χ3v) is 6.30. The molecule has 1 atom stereocenters. The Labute approximate surface area is 161 Å². The minimum atomic E-state index is -3.73. The molecule has 3 rings (SSSR count). The van der Waals surface area contributed by atoms with Crippen LogP contribution < -0.4 is 14.4 Å². The topological polar surface area (TPSA) is 92.8 Å². The van der Waals surface area contributed by atoms with Crippen molar-refractivity contribution in [3.05, 3.63) is 53.1 Å². The lowest BCUT2D eigenvalue weighted by Gasteiger charge is -2.16. The van der Waals surface area contributed by atoms with E-state index in [9.17, 15) is 18.0 Å². The summed E-state index contributed by atoms with van der Waals surface area (Å²) in [5.41, 5.74) is 0.790. The van der Waals surface area contributed by atoms with Gasteiger partial charge in [0.2, 0.25) is 15.9 Å². The van der Waals surface area contributed by atoms with Crippen molar-refractivity contribution >= 4 is 44.8 Å². The van der Waals surface area contributed by atoms with Crippen molar-refractivity contribution in [2.75, 3.05) is 22.5 Å². The predicted octanol–water partition coefficient (Wildman–Crippen LogP) is 2.91. The molecule has 0 saturated carbocycles. The molecule has 1 aliphatic rings. The smallest absolute Gasteiger partial charge is 0.257 e. The van der Waals surface area contributed by atoms with Gasteiger partial charge in [-0.15, -0.1) is 0 Å². The molecule has 2 aromatic carbocycles. The SMILES string of the molecule is COc1cccc(NC(=O)c2ccc(N3C(=O)[C@H](C)CS3(=O)=O)cc2Cl)c1. The molecular formula is C18H17ClN2O5S. The van der Waals surface area contributed by atoms with Crippen LogP contribution in [0.3, 0.4) is 0 Å². The van der Waals surface area contributed by atoms with E-state index in [0.717, 1.165) is 4.31 Å². The fraction of sp³-hybridized carbons (Fsp3) is 0.222. The average Bonchev–Trinajstić information content (AvgIpc) is 2.81. The molecule has 0 bridgehead atoms. The van der Waals surface area contributed by atoms with E-state index in [2.05, 4.69) is 5.32 Å². The number of benzene rings is 2. The van der Waals surface area contributed by atoms with Crippen molar-refractivity contribution in [3.8, 4) is 5.75 Å². The standard InChI is InChI=1S/C18H17ClN2O5S/c1-11-10-27(24,25)21(18(11)23)13-6-7-15(16(19)9-13)17(22)20-12-4-3-5-14(8-12)26-2/h3-9,11H,10H2,1-2H3,(H,20,22)/t11-/m1/s1. The van der Waals surface area contributed by atoms with Gasteiger partial charge in [-0.2, -0.15) is 0 Å². The van der Waals surface area contributed by atoms with E-state index < -0.39 is 27.8 Å². The number of carbonyl (C=O) groups is 2. The largest absolute Gasteiger partial charge is 0.497 e. The highest BCUT2D eigenvalue weighted by Gasteiger charge is 2.42. The van der Waals surface area contributed by atoms with Crippen molar-refractivity contribution < 1.29 is 22.7 Å². The first-order chi connectivity index (χ1) is 12.7. The molecule has 0 unspecified atom stereocenters. The maximum absolute atomic E-state index is 12.5. The molecular weight excluding hydrogens is 392 g/mol. The molecule has 1 heterocycles. The van der Waals surface area contributed by atoms with Crippen LogP contribution in [0.4, 0.5) is 11.4 Å². The Hall–Kier alpha value is -2.58. The summed E-state index contributed by atoms with van der Waals surface area (Å²) in [5, 5.41) is 2.73. The number of anilines is 2. The summed E-state index contributed by atoms with van der Waals surface area (Å²) in [6.45, 7) is 1.55. The lowest BCUT2D eigenvalue weighted by Crippen LogP contribution is -2.30. The van der Waals surface area contributed by atoms with Gasteiger partial charge in [-0.3, -0.25) is 9.59 Å². The fourth-order valence-corrected chi connectivity index (χ4v) is 4.87. The first-order valence-corrected chi connectivity index (χ1v) is 10.0. The van der Waals surface area contributed by atoms with Gasteiger partial charge in [0.15, 0.2) is 0 Å². The second-order valence-electron chi connectivity index (χ2n) is 6.13. The van der Waals surface area contributed by atoms with Gasteiger partial charge in [-0.25, -0.2) is 12.7 Å². The molecule has 1 fully saturated rings. The molecule has 1 aliphatic heterocycles. The number of sulfonamides is 1. The second-order valence-corrected chi connectivity index (χ2v) is 8.40. The predicted molar refractivity (Wildman–Crippen MR) is 103 cm³/mol. The van der Waals surface area contributed by atoms with Crippen LogP contribution in [0.2, 0.25) is 5.02 Å². The fourth-order valence-electron chi connectivity index (χ4n) is 2.80. The first kappa shape index (κ1) is 19.2. The van der Waals surface area contributed by atoms with Gasteiger partial charge in [0, 0.05) is 11.8 Å². The van der Waals surface area contributed by atoms with E-state index in [1.54, 1.807) is 31.2 Å². The van der Waals surface area contributed by atoms with Gasteiger partial charge < -0.3 is 10.1 Å². The van der Waals surface area contributed by atoms with Crippen molar-refractivity contribution in [1.29, 1.82) is 0 Å². The lowest BCUT2D eigenvalue weighted by molar-refractivity contribution is -0.119. The van der Waals surface area contributed by atoms with Gasteiger partial charge in [0.25, 0.3) is 5.91 Å². The Bertz CT molecular complexity index is 1020. The zero-order chi connectivity index (χ0) is 19.8. The minimum absolute atomic E-state index is 0.0375. The van der Waals surface area contributed by atoms with Crippen LogP contribution in [0.15, 0.2) is 42.5 Å². The van der Waals surface area contributed by atoms with Crippen LogP contribution in [-0.4, -0.2) is 33.1 Å². The second kappa shape index (κ2) is 7.21. The first-order valence-electron chi connectivity index (χ1n) is 8.05. The van der Waals surface area contributed by atoms with E-state index in [1.807, 2.05) is 0 Å². The number of nitrogens with one attached hydrogen (secondary N) is 1. The number of rotatable bonds is 4. The van der Waals surface area contributed by atoms with E-state index in [-0.39, 0.29) is 22.0 Å². The molecule has 7 nitrogen and oxygen atoms in total. The summed E-state index contributed by atoms with van der Waals surface area (Å²) in [4.78, 5) is 24.6. The number of amides is 2. The number of hydrogen-bond acceptors (Lipinski definition) is 5. The number of ether oxygens (including phenoxy) is 1. The van der Waals surface area contributed by atoms with Crippen LogP contribution in [0.5, 0.6) is 5.75 Å². The number of hydrogen-bond donors (Lipinski definition) is 1. The molecule has 9 heteroatoms. The molecule has 1 saturated heterocycles. The van der Waals surface area contributed by atoms with Gasteiger partial charge in [0.1, 0.15) is 5.75 Å². The molecule has 2 amide bonds. The highest BCUT2D eigenvalue weighted by Crippen LogP contribution is 2.31. The van der Waals surface area contributed by atoms with Crippen molar-refractivity contribution in [1.82, 2.24) is 0 Å². The van der Waals surface area contributed by atoms with E-state index in [0.29, 0.717) is 11.4 Å². The Morgan fingerprint density at radius 2 is 2.00 bits per heavy atom. The average molecular weight is 409 g/mol. The third-order valence-electron chi connectivity index (χ3n) is 4.12. The number of methoxy groups -OCH3 is 1. The Morgan fingerprint density at radius 3 is 2.59 bits per heavy atom. The summed E-state index contributed by atoms with van der Waals surface area (Å²) in [5.74, 6) is -1.27. The molecule has 142 valence electrons. The van der Waals surface area contributed by atoms with Gasteiger partial charge in [-0.1, -0.05) is 24.6 Å². The Morgan fingerprint density at radius 1 is 1.26 bits per heavy atom. The normalized spacial score (nSPS) is 18.4. The van der Waals surface area contributed by atoms with Crippen molar-refractivity contribution in [3.63, 3.8) is 0 Å². The monoisotopic (exact) mass is 408 g/mol. The van der Waals surface area contributed by atoms with E-state index in [1.165, 1.54) is 25.3 Å². The number of carbonyl (C=O) groups excluding carboxylic acids is 2. The molecule has 0 aliphatic carbocycles. The Kier molecular flexibility index (Phi) is 5.12. The minimum Gasteiger partial charge on any atom is -0.497 e. The summed E-state index contributed by atoms with van der Waals surface area (Å²) in [6, 6.07) is 10.9. The maximum Gasteiger partial charge on any atom is 0.257 e. The number of halogens is 1. The van der Waals surface area contributed by atoms with Crippen LogP contribution in [0.1, 0.15) is 17.3 Å².